The molecule has 1 nitrogen and oxygen atoms in total. The molecular formula is C46H28O. The summed E-state index contributed by atoms with van der Waals surface area (Å²) in [6.45, 7) is 0. The summed E-state index contributed by atoms with van der Waals surface area (Å²) in [4.78, 5) is 0. The maximum absolute atomic E-state index is 8.83. The largest absolute Gasteiger partial charge is 0.455 e. The van der Waals surface area contributed by atoms with E-state index in [1.165, 1.54) is 5.39 Å². The summed E-state index contributed by atoms with van der Waals surface area (Å²) in [5, 5.41) is 11.6. The smallest absolute Gasteiger partial charge is 0.142 e. The van der Waals surface area contributed by atoms with Crippen molar-refractivity contribution >= 4 is 64.8 Å². The molecule has 0 atom stereocenters. The average Bonchev–Trinajstić information content (AvgIpc) is 3.63. The van der Waals surface area contributed by atoms with Crippen molar-refractivity contribution in [3.05, 3.63) is 170 Å². The monoisotopic (exact) mass is 601 g/mol. The summed E-state index contributed by atoms with van der Waals surface area (Å²) >= 11 is 0. The molecule has 0 aliphatic carbocycles. The zero-order valence-corrected chi connectivity index (χ0v) is 25.2. The van der Waals surface area contributed by atoms with Crippen molar-refractivity contribution < 1.29 is 11.3 Å². The lowest BCUT2D eigenvalue weighted by Crippen LogP contribution is -1.92. The highest BCUT2D eigenvalue weighted by Crippen LogP contribution is 2.48. The van der Waals surface area contributed by atoms with E-state index < -0.39 is 6.04 Å². The van der Waals surface area contributed by atoms with Gasteiger partial charge in [-0.1, -0.05) is 152 Å². The first-order valence-corrected chi connectivity index (χ1v) is 15.8. The van der Waals surface area contributed by atoms with E-state index in [0.717, 1.165) is 76.1 Å². The normalized spacial score (nSPS) is 13.3. The van der Waals surface area contributed by atoms with Crippen LogP contribution in [-0.2, 0) is 0 Å². The zero-order chi connectivity index (χ0) is 35.2. The summed E-state index contributed by atoms with van der Waals surface area (Å²) in [5.74, 6) is 0.695. The maximum atomic E-state index is 8.83. The summed E-state index contributed by atoms with van der Waals surface area (Å²) in [7, 11) is 0. The molecule has 0 radical (unpaired) electrons. The molecule has 10 aromatic rings. The van der Waals surface area contributed by atoms with Gasteiger partial charge in [0.05, 0.1) is 6.85 Å². The van der Waals surface area contributed by atoms with Gasteiger partial charge < -0.3 is 4.42 Å². The molecule has 0 fully saturated rings. The number of fused-ring (bicyclic) bond motifs is 8. The molecular weight excluding hydrogens is 569 g/mol. The van der Waals surface area contributed by atoms with Crippen LogP contribution < -0.4 is 0 Å². The first-order chi connectivity index (χ1) is 25.4. The van der Waals surface area contributed by atoms with Crippen LogP contribution in [0.3, 0.4) is 0 Å². The predicted molar refractivity (Wildman–Crippen MR) is 200 cm³/mol. The van der Waals surface area contributed by atoms with Crippen LogP contribution >= 0.6 is 0 Å². The standard InChI is InChI=1S/C46H28O/c1-2-12-29(13-3-1)31-24-25-40-42(26-31)45(43-28-33-23-22-30-14-4-7-17-35(30)46(33)47-43)39-21-11-10-20-38(39)44(40)41-27-32-15-5-6-16-34(32)36-18-8-9-19-37(36)41/h1-28H/i1D,2D,3D,12D,13D. The van der Waals surface area contributed by atoms with Crippen LogP contribution in [0.15, 0.2) is 174 Å². The van der Waals surface area contributed by atoms with Crippen molar-refractivity contribution in [1.82, 2.24) is 0 Å². The molecule has 0 N–H and O–H groups in total. The van der Waals surface area contributed by atoms with Crippen LogP contribution in [0.1, 0.15) is 6.85 Å². The predicted octanol–water partition coefficient (Wildman–Crippen LogP) is 13.2. The number of furan rings is 1. The summed E-state index contributed by atoms with van der Waals surface area (Å²) in [5.41, 5.74) is 4.54. The van der Waals surface area contributed by atoms with E-state index in [4.69, 9.17) is 11.3 Å². The highest BCUT2D eigenvalue weighted by atomic mass is 16.3. The van der Waals surface area contributed by atoms with Crippen molar-refractivity contribution in [2.24, 2.45) is 0 Å². The van der Waals surface area contributed by atoms with E-state index >= 15 is 0 Å². The molecule has 1 heterocycles. The molecule has 9 aromatic carbocycles. The Morgan fingerprint density at radius 3 is 1.81 bits per heavy atom. The van der Waals surface area contributed by atoms with Crippen LogP contribution in [-0.4, -0.2) is 0 Å². The first-order valence-electron chi connectivity index (χ1n) is 18.3. The number of benzene rings is 9. The Bertz CT molecular complexity index is 3110. The summed E-state index contributed by atoms with van der Waals surface area (Å²) < 4.78 is 49.6. The zero-order valence-electron chi connectivity index (χ0n) is 30.2. The highest BCUT2D eigenvalue weighted by molar-refractivity contribution is 6.26. The summed E-state index contributed by atoms with van der Waals surface area (Å²) in [6, 6.07) is 46.4. The Kier molecular flexibility index (Phi) is 4.66. The van der Waals surface area contributed by atoms with Gasteiger partial charge in [0.25, 0.3) is 0 Å². The van der Waals surface area contributed by atoms with E-state index in [-0.39, 0.29) is 29.7 Å². The lowest BCUT2D eigenvalue weighted by atomic mass is 9.84. The fraction of sp³-hybridized carbons (Fsp3) is 0. The first kappa shape index (κ1) is 21.5. The van der Waals surface area contributed by atoms with Crippen molar-refractivity contribution in [3.8, 4) is 33.6 Å². The molecule has 0 bridgehead atoms. The molecule has 0 saturated carbocycles. The van der Waals surface area contributed by atoms with E-state index in [2.05, 4.69) is 103 Å². The minimum Gasteiger partial charge on any atom is -0.455 e. The molecule has 0 spiro atoms. The van der Waals surface area contributed by atoms with Gasteiger partial charge in [0.1, 0.15) is 11.3 Å². The van der Waals surface area contributed by atoms with Crippen molar-refractivity contribution in [1.29, 1.82) is 0 Å². The minimum atomic E-state index is -0.411. The highest BCUT2D eigenvalue weighted by Gasteiger charge is 2.22. The van der Waals surface area contributed by atoms with Gasteiger partial charge in [0.2, 0.25) is 0 Å². The quantitative estimate of drug-likeness (QED) is 0.145. The fourth-order valence-corrected chi connectivity index (χ4v) is 7.44. The molecule has 0 saturated heterocycles. The van der Waals surface area contributed by atoms with Gasteiger partial charge in [-0.05, 0) is 88.9 Å². The number of rotatable bonds is 3. The Morgan fingerprint density at radius 2 is 1.00 bits per heavy atom. The molecule has 218 valence electrons. The fourth-order valence-electron chi connectivity index (χ4n) is 7.44. The van der Waals surface area contributed by atoms with Crippen molar-refractivity contribution in [2.45, 2.75) is 0 Å². The molecule has 0 aliphatic heterocycles. The maximum Gasteiger partial charge on any atom is 0.142 e. The topological polar surface area (TPSA) is 13.1 Å². The summed E-state index contributed by atoms with van der Waals surface area (Å²) in [6.07, 6.45) is 0. The second-order valence-corrected chi connectivity index (χ2v) is 12.1. The van der Waals surface area contributed by atoms with Crippen LogP contribution in [0.4, 0.5) is 0 Å². The Morgan fingerprint density at radius 1 is 0.383 bits per heavy atom. The molecule has 10 rings (SSSR count). The second kappa shape index (κ2) is 10.2. The van der Waals surface area contributed by atoms with Crippen LogP contribution in [0.5, 0.6) is 0 Å². The van der Waals surface area contributed by atoms with E-state index in [1.807, 2.05) is 36.4 Å². The minimum absolute atomic E-state index is 0.167. The van der Waals surface area contributed by atoms with Crippen LogP contribution in [0.25, 0.3) is 98.4 Å². The van der Waals surface area contributed by atoms with Gasteiger partial charge in [0.15, 0.2) is 0 Å². The second-order valence-electron chi connectivity index (χ2n) is 12.1. The third-order valence-corrected chi connectivity index (χ3v) is 9.51. The van der Waals surface area contributed by atoms with Crippen LogP contribution in [0.2, 0.25) is 0 Å². The SMILES string of the molecule is [2H]c1c([2H])c([2H])c(-c2ccc3c(-c4cc5ccccc5c5ccccc45)c4ccccc4c(-c4cc5ccc6ccccc6c5o4)c3c2)c([2H])c1[2H]. The van der Waals surface area contributed by atoms with Gasteiger partial charge in [-0.15, -0.1) is 0 Å². The third kappa shape index (κ3) is 3.97. The van der Waals surface area contributed by atoms with Gasteiger partial charge in [-0.3, -0.25) is 0 Å². The molecule has 0 amide bonds. The molecule has 47 heavy (non-hydrogen) atoms. The Hall–Kier alpha value is -6.18. The van der Waals surface area contributed by atoms with Gasteiger partial charge in [-0.25, -0.2) is 0 Å². The molecule has 1 aromatic heterocycles. The average molecular weight is 602 g/mol. The van der Waals surface area contributed by atoms with Gasteiger partial charge in [0, 0.05) is 16.3 Å². The number of hydrogen-bond donors (Lipinski definition) is 0. The molecule has 1 heteroatoms. The molecule has 0 unspecified atom stereocenters. The van der Waals surface area contributed by atoms with Crippen molar-refractivity contribution in [3.63, 3.8) is 0 Å². The Labute approximate surface area is 279 Å². The van der Waals surface area contributed by atoms with E-state index in [9.17, 15) is 0 Å². The lowest BCUT2D eigenvalue weighted by Gasteiger charge is -2.19. The van der Waals surface area contributed by atoms with E-state index in [0.29, 0.717) is 11.3 Å². The van der Waals surface area contributed by atoms with Gasteiger partial charge >= 0.3 is 0 Å². The lowest BCUT2D eigenvalue weighted by molar-refractivity contribution is 0.636. The van der Waals surface area contributed by atoms with E-state index in [1.54, 1.807) is 0 Å². The third-order valence-electron chi connectivity index (χ3n) is 9.51. The number of hydrogen-bond acceptors (Lipinski definition) is 1. The van der Waals surface area contributed by atoms with Crippen LogP contribution in [0, 0.1) is 0 Å². The molecule has 0 aliphatic rings. The Balaban J connectivity index is 1.39. The van der Waals surface area contributed by atoms with Gasteiger partial charge in [-0.2, -0.15) is 0 Å². The van der Waals surface area contributed by atoms with Crippen molar-refractivity contribution in [2.75, 3.05) is 0 Å².